The van der Waals surface area contributed by atoms with Crippen molar-refractivity contribution in [2.75, 3.05) is 0 Å². The van der Waals surface area contributed by atoms with E-state index in [0.717, 1.165) is 0 Å². The van der Waals surface area contributed by atoms with Gasteiger partial charge in [0.25, 0.3) is 5.78 Å². The molecule has 1 nitrogen and oxygen atoms in total. The number of alkyl halides is 12. The first-order valence-electron chi connectivity index (χ1n) is 3.72. The number of halogens is 12. The van der Waals surface area contributed by atoms with E-state index in [1.807, 2.05) is 0 Å². The third-order valence-corrected chi connectivity index (χ3v) is 1.86. The number of carbonyl (C=O) groups is 1. The smallest absolute Gasteiger partial charge is 0.284 e. The highest BCUT2D eigenvalue weighted by molar-refractivity contribution is 6.33. The summed E-state index contributed by atoms with van der Waals surface area (Å²) >= 11 is 3.62. The third kappa shape index (κ3) is 2.72. The minimum atomic E-state index is -7.45. The summed E-state index contributed by atoms with van der Waals surface area (Å²) in [5, 5.41) is -5.76. The fraction of sp³-hybridized carbons (Fsp3) is 0.833. The Hall–Kier alpha value is -0.810. The average molecular weight is 332 g/mol. The Morgan fingerprint density at radius 1 is 0.684 bits per heavy atom. The molecule has 0 aliphatic heterocycles. The van der Waals surface area contributed by atoms with Crippen molar-refractivity contribution in [3.05, 3.63) is 0 Å². The van der Waals surface area contributed by atoms with Gasteiger partial charge in [-0.15, -0.1) is 0 Å². The maximum Gasteiger partial charge on any atom is 0.460 e. The largest absolute Gasteiger partial charge is 0.460 e. The summed E-state index contributed by atoms with van der Waals surface area (Å²) in [7, 11) is 0. The van der Waals surface area contributed by atoms with Gasteiger partial charge < -0.3 is 0 Å². The van der Waals surface area contributed by atoms with Crippen LogP contribution in [0.5, 0.6) is 0 Å². The summed E-state index contributed by atoms with van der Waals surface area (Å²) in [5.41, 5.74) is 0. The second kappa shape index (κ2) is 4.35. The van der Waals surface area contributed by atoms with Gasteiger partial charge in [0.1, 0.15) is 0 Å². The zero-order chi connectivity index (χ0) is 16.1. The van der Waals surface area contributed by atoms with Crippen LogP contribution in [0.3, 0.4) is 0 Å². The van der Waals surface area contributed by atoms with Crippen molar-refractivity contribution in [2.24, 2.45) is 0 Å². The van der Waals surface area contributed by atoms with Crippen LogP contribution in [0, 0.1) is 0 Å². The minimum Gasteiger partial charge on any atom is -0.284 e. The fourth-order valence-electron chi connectivity index (χ4n) is 0.696. The van der Waals surface area contributed by atoms with Crippen LogP contribution in [0.2, 0.25) is 0 Å². The highest BCUT2D eigenvalue weighted by atomic mass is 35.5. The lowest BCUT2D eigenvalue weighted by atomic mass is 10.0. The molecule has 0 aliphatic carbocycles. The van der Waals surface area contributed by atoms with Crippen molar-refractivity contribution in [2.45, 2.75) is 29.3 Å². The molecule has 114 valence electrons. The first-order valence-corrected chi connectivity index (χ1v) is 4.10. The quantitative estimate of drug-likeness (QED) is 0.564. The Morgan fingerprint density at radius 2 is 1.00 bits per heavy atom. The van der Waals surface area contributed by atoms with Crippen molar-refractivity contribution in [1.29, 1.82) is 0 Å². The van der Waals surface area contributed by atoms with Gasteiger partial charge in [-0.3, -0.25) is 4.79 Å². The van der Waals surface area contributed by atoms with Crippen LogP contribution < -0.4 is 0 Å². The van der Waals surface area contributed by atoms with E-state index in [-0.39, 0.29) is 0 Å². The molecule has 0 atom stereocenters. The van der Waals surface area contributed by atoms with Crippen molar-refractivity contribution >= 4 is 17.4 Å². The number of Topliss-reactive ketones (excluding diaryl/α,β-unsaturated/α-hetero) is 1. The lowest BCUT2D eigenvalue weighted by molar-refractivity contribution is -0.389. The number of carbonyl (C=O) groups excluding carboxylic acids is 1. The van der Waals surface area contributed by atoms with Crippen molar-refractivity contribution in [1.82, 2.24) is 0 Å². The number of ketones is 1. The molecule has 0 aromatic rings. The lowest BCUT2D eigenvalue weighted by Gasteiger charge is -2.33. The summed E-state index contributed by atoms with van der Waals surface area (Å²) in [6.45, 7) is 0. The molecule has 0 spiro atoms. The maximum absolute atomic E-state index is 12.5. The molecule has 0 heterocycles. The topological polar surface area (TPSA) is 17.1 Å². The van der Waals surface area contributed by atoms with E-state index in [1.54, 1.807) is 0 Å². The van der Waals surface area contributed by atoms with Gasteiger partial charge in [-0.1, -0.05) is 0 Å². The summed E-state index contributed by atoms with van der Waals surface area (Å²) in [4.78, 5) is 10.1. The Labute approximate surface area is 101 Å². The molecule has 0 amide bonds. The molecular weight excluding hydrogens is 332 g/mol. The Balaban J connectivity index is 5.86. The molecule has 0 unspecified atom stereocenters. The van der Waals surface area contributed by atoms with Crippen molar-refractivity contribution < 1.29 is 53.1 Å². The molecule has 0 aliphatic rings. The Bertz CT molecular complexity index is 364. The van der Waals surface area contributed by atoms with E-state index >= 15 is 0 Å². The zero-order valence-electron chi connectivity index (χ0n) is 7.94. The van der Waals surface area contributed by atoms with Crippen LogP contribution in [0.15, 0.2) is 0 Å². The maximum atomic E-state index is 12.5. The molecule has 0 saturated carbocycles. The molecule has 0 aromatic heterocycles. The molecule has 0 fully saturated rings. The van der Waals surface area contributed by atoms with Gasteiger partial charge in [-0.25, -0.2) is 0 Å². The van der Waals surface area contributed by atoms with E-state index in [0.29, 0.717) is 0 Å². The van der Waals surface area contributed by atoms with Crippen LogP contribution in [0.4, 0.5) is 48.3 Å². The predicted molar refractivity (Wildman–Crippen MR) is 36.7 cm³/mol. The molecule has 0 bridgehead atoms. The molecule has 0 aromatic carbocycles. The molecule has 0 radical (unpaired) electrons. The average Bonchev–Trinajstić information content (AvgIpc) is 2.12. The van der Waals surface area contributed by atoms with Crippen LogP contribution in [-0.4, -0.2) is 35.1 Å². The standard InChI is InChI=1S/C6ClF11O/c7-3(10,11)1(19)2(8,9)4(12,13)5(14,15)6(16,17)18. The molecule has 0 rings (SSSR count). The lowest BCUT2D eigenvalue weighted by Crippen LogP contribution is -2.65. The second-order valence-electron chi connectivity index (χ2n) is 3.05. The normalized spacial score (nSPS) is 15.6. The first kappa shape index (κ1) is 18.2. The fourth-order valence-corrected chi connectivity index (χ4v) is 0.814. The molecule has 0 saturated heterocycles. The molecule has 19 heavy (non-hydrogen) atoms. The highest BCUT2D eigenvalue weighted by Gasteiger charge is 2.85. The van der Waals surface area contributed by atoms with Gasteiger partial charge in [0, 0.05) is 0 Å². The van der Waals surface area contributed by atoms with E-state index in [9.17, 15) is 53.1 Å². The third-order valence-electron chi connectivity index (χ3n) is 1.69. The van der Waals surface area contributed by atoms with E-state index in [4.69, 9.17) is 0 Å². The van der Waals surface area contributed by atoms with E-state index in [2.05, 4.69) is 11.6 Å². The molecule has 0 N–H and O–H groups in total. The second-order valence-corrected chi connectivity index (χ2v) is 3.52. The van der Waals surface area contributed by atoms with Gasteiger partial charge >= 0.3 is 29.3 Å². The SMILES string of the molecule is O=C(C(F)(F)Cl)C(F)(F)C(F)(F)C(F)(F)C(F)(F)F. The number of hydrogen-bond acceptors (Lipinski definition) is 1. The van der Waals surface area contributed by atoms with Crippen LogP contribution in [0.25, 0.3) is 0 Å². The molecule has 13 heteroatoms. The zero-order valence-corrected chi connectivity index (χ0v) is 8.70. The first-order chi connectivity index (χ1) is 7.90. The Kier molecular flexibility index (Phi) is 4.16. The van der Waals surface area contributed by atoms with E-state index < -0.39 is 35.1 Å². The molecular formula is C6ClF11O. The van der Waals surface area contributed by atoms with Gasteiger partial charge in [-0.2, -0.15) is 48.3 Å². The predicted octanol–water partition coefficient (Wildman–Crippen LogP) is 3.86. The number of hydrogen-bond donors (Lipinski definition) is 0. The number of rotatable bonds is 4. The monoisotopic (exact) mass is 332 g/mol. The summed E-state index contributed by atoms with van der Waals surface area (Å²) < 4.78 is 132. The van der Waals surface area contributed by atoms with Crippen LogP contribution in [-0.2, 0) is 4.79 Å². The van der Waals surface area contributed by atoms with Crippen molar-refractivity contribution in [3.63, 3.8) is 0 Å². The van der Waals surface area contributed by atoms with Gasteiger partial charge in [0.2, 0.25) is 0 Å². The summed E-state index contributed by atoms with van der Waals surface area (Å²) in [5.74, 6) is -26.2. The highest BCUT2D eigenvalue weighted by Crippen LogP contribution is 2.54. The van der Waals surface area contributed by atoms with Crippen LogP contribution in [0.1, 0.15) is 0 Å². The van der Waals surface area contributed by atoms with Gasteiger partial charge in [0.05, 0.1) is 0 Å². The summed E-state index contributed by atoms with van der Waals surface area (Å²) in [6, 6.07) is 0. The summed E-state index contributed by atoms with van der Waals surface area (Å²) in [6.07, 6.45) is -7.21. The van der Waals surface area contributed by atoms with Crippen molar-refractivity contribution in [3.8, 4) is 0 Å². The van der Waals surface area contributed by atoms with Crippen LogP contribution >= 0.6 is 11.6 Å². The minimum absolute atomic E-state index is 3.62. The Morgan fingerprint density at radius 3 is 1.21 bits per heavy atom. The van der Waals surface area contributed by atoms with Gasteiger partial charge in [-0.05, 0) is 11.6 Å². The van der Waals surface area contributed by atoms with E-state index in [1.165, 1.54) is 0 Å². The van der Waals surface area contributed by atoms with Gasteiger partial charge in [0.15, 0.2) is 0 Å².